The number of piperidine rings is 1. The summed E-state index contributed by atoms with van der Waals surface area (Å²) >= 11 is 0. The van der Waals surface area contributed by atoms with Crippen LogP contribution in [0.5, 0.6) is 0 Å². The molecule has 1 aliphatic rings. The van der Waals surface area contributed by atoms with Crippen LogP contribution in [0.15, 0.2) is 18.2 Å². The van der Waals surface area contributed by atoms with Crippen LogP contribution in [-0.4, -0.2) is 30.7 Å². The van der Waals surface area contributed by atoms with Gasteiger partial charge in [0.1, 0.15) is 5.82 Å². The number of ether oxygens (including phenoxy) is 1. The molecule has 4 heteroatoms. The standard InChI is InChI=1S/C14H21FN2O/c1-2-18-13-5-7-17(8-6-13)10-11-9-12(15)3-4-14(11)16/h3-4,9,13H,2,5-8,10,16H2,1H3. The summed E-state index contributed by atoms with van der Waals surface area (Å²) in [5.41, 5.74) is 7.41. The van der Waals surface area contributed by atoms with E-state index in [1.165, 1.54) is 12.1 Å². The number of nitrogens with two attached hydrogens (primary N) is 1. The van der Waals surface area contributed by atoms with E-state index in [-0.39, 0.29) is 5.82 Å². The molecule has 0 amide bonds. The molecule has 0 saturated carbocycles. The molecule has 2 N–H and O–H groups in total. The van der Waals surface area contributed by atoms with Crippen LogP contribution in [0.4, 0.5) is 10.1 Å². The first-order chi connectivity index (χ1) is 8.69. The van der Waals surface area contributed by atoms with Gasteiger partial charge in [-0.3, -0.25) is 4.90 Å². The molecule has 3 nitrogen and oxygen atoms in total. The monoisotopic (exact) mass is 252 g/mol. The van der Waals surface area contributed by atoms with Crippen LogP contribution in [0.2, 0.25) is 0 Å². The molecule has 0 unspecified atom stereocenters. The predicted octanol–water partition coefficient (Wildman–Crippen LogP) is 2.41. The van der Waals surface area contributed by atoms with E-state index in [4.69, 9.17) is 10.5 Å². The number of halogens is 1. The second-order valence-electron chi connectivity index (χ2n) is 4.77. The summed E-state index contributed by atoms with van der Waals surface area (Å²) in [6.45, 7) is 5.50. The van der Waals surface area contributed by atoms with Crippen LogP contribution in [0, 0.1) is 5.82 Å². The highest BCUT2D eigenvalue weighted by Crippen LogP contribution is 2.20. The van der Waals surface area contributed by atoms with Gasteiger partial charge in [-0.15, -0.1) is 0 Å². The lowest BCUT2D eigenvalue weighted by atomic mass is 10.1. The Balaban J connectivity index is 1.89. The predicted molar refractivity (Wildman–Crippen MR) is 70.7 cm³/mol. The Morgan fingerprint density at radius 2 is 2.11 bits per heavy atom. The average molecular weight is 252 g/mol. The molecule has 1 fully saturated rings. The molecule has 0 radical (unpaired) electrons. The molecule has 18 heavy (non-hydrogen) atoms. The Hall–Kier alpha value is -1.13. The Kier molecular flexibility index (Phi) is 4.55. The highest BCUT2D eigenvalue weighted by atomic mass is 19.1. The smallest absolute Gasteiger partial charge is 0.123 e. The third kappa shape index (κ3) is 3.43. The first-order valence-electron chi connectivity index (χ1n) is 6.57. The fraction of sp³-hybridized carbons (Fsp3) is 0.571. The minimum Gasteiger partial charge on any atom is -0.398 e. The Morgan fingerprint density at radius 1 is 1.39 bits per heavy atom. The minimum atomic E-state index is -0.219. The summed E-state index contributed by atoms with van der Waals surface area (Å²) in [6.07, 6.45) is 2.47. The van der Waals surface area contributed by atoms with Gasteiger partial charge in [0.05, 0.1) is 6.10 Å². The molecule has 0 atom stereocenters. The molecule has 2 rings (SSSR count). The number of nitrogens with zero attached hydrogens (tertiary/aromatic N) is 1. The largest absolute Gasteiger partial charge is 0.398 e. The van der Waals surface area contributed by atoms with E-state index in [1.807, 2.05) is 6.92 Å². The number of hydrogen-bond donors (Lipinski definition) is 1. The Morgan fingerprint density at radius 3 is 2.78 bits per heavy atom. The normalized spacial score (nSPS) is 18.1. The van der Waals surface area contributed by atoms with Crippen LogP contribution in [0.25, 0.3) is 0 Å². The van der Waals surface area contributed by atoms with E-state index in [9.17, 15) is 4.39 Å². The van der Waals surface area contributed by atoms with Crippen LogP contribution < -0.4 is 5.73 Å². The van der Waals surface area contributed by atoms with Gasteiger partial charge in [0.2, 0.25) is 0 Å². The second-order valence-corrected chi connectivity index (χ2v) is 4.77. The number of nitrogen functional groups attached to an aromatic ring is 1. The summed E-state index contributed by atoms with van der Waals surface area (Å²) in [5, 5.41) is 0. The molecule has 0 aliphatic carbocycles. The van der Waals surface area contributed by atoms with Gasteiger partial charge in [-0.05, 0) is 43.5 Å². The van der Waals surface area contributed by atoms with Gasteiger partial charge < -0.3 is 10.5 Å². The van der Waals surface area contributed by atoms with Crippen molar-refractivity contribution < 1.29 is 9.13 Å². The SMILES string of the molecule is CCOC1CCN(Cc2cc(F)ccc2N)CC1. The summed E-state index contributed by atoms with van der Waals surface area (Å²) in [7, 11) is 0. The third-order valence-corrected chi connectivity index (χ3v) is 3.44. The van der Waals surface area contributed by atoms with Crippen LogP contribution in [-0.2, 0) is 11.3 Å². The Labute approximate surface area is 108 Å². The molecule has 0 aromatic heterocycles. The van der Waals surface area contributed by atoms with Crippen molar-refractivity contribution in [3.8, 4) is 0 Å². The molecule has 1 saturated heterocycles. The molecule has 1 aromatic rings. The van der Waals surface area contributed by atoms with Crippen LogP contribution >= 0.6 is 0 Å². The van der Waals surface area contributed by atoms with Crippen molar-refractivity contribution in [1.82, 2.24) is 4.90 Å². The van der Waals surface area contributed by atoms with E-state index < -0.39 is 0 Å². The zero-order chi connectivity index (χ0) is 13.0. The van der Waals surface area contributed by atoms with E-state index in [0.717, 1.165) is 44.6 Å². The van der Waals surface area contributed by atoms with E-state index in [0.29, 0.717) is 11.8 Å². The molecular formula is C14H21FN2O. The first kappa shape index (κ1) is 13.3. The summed E-state index contributed by atoms with van der Waals surface area (Å²) < 4.78 is 18.8. The number of anilines is 1. The lowest BCUT2D eigenvalue weighted by molar-refractivity contribution is 0.0125. The van der Waals surface area contributed by atoms with Gasteiger partial charge in [-0.1, -0.05) is 0 Å². The van der Waals surface area contributed by atoms with Gasteiger partial charge in [0.25, 0.3) is 0 Å². The number of hydrogen-bond acceptors (Lipinski definition) is 3. The molecule has 0 spiro atoms. The molecular weight excluding hydrogens is 231 g/mol. The summed E-state index contributed by atoms with van der Waals surface area (Å²) in [4.78, 5) is 2.31. The first-order valence-corrected chi connectivity index (χ1v) is 6.57. The maximum Gasteiger partial charge on any atom is 0.123 e. The van der Waals surface area contributed by atoms with E-state index in [2.05, 4.69) is 4.90 Å². The van der Waals surface area contributed by atoms with Crippen molar-refractivity contribution in [1.29, 1.82) is 0 Å². The maximum absolute atomic E-state index is 13.2. The fourth-order valence-electron chi connectivity index (χ4n) is 2.42. The average Bonchev–Trinajstić information content (AvgIpc) is 2.37. The topological polar surface area (TPSA) is 38.5 Å². The van der Waals surface area contributed by atoms with Crippen molar-refractivity contribution in [2.75, 3.05) is 25.4 Å². The molecule has 0 bridgehead atoms. The molecule has 100 valence electrons. The maximum atomic E-state index is 13.2. The van der Waals surface area contributed by atoms with Crippen LogP contribution in [0.3, 0.4) is 0 Å². The van der Waals surface area contributed by atoms with Gasteiger partial charge >= 0.3 is 0 Å². The number of likely N-dealkylation sites (tertiary alicyclic amines) is 1. The van der Waals surface area contributed by atoms with Crippen LogP contribution in [0.1, 0.15) is 25.3 Å². The van der Waals surface area contributed by atoms with Crippen molar-refractivity contribution in [2.24, 2.45) is 0 Å². The van der Waals surface area contributed by atoms with Crippen molar-refractivity contribution in [3.05, 3.63) is 29.6 Å². The number of rotatable bonds is 4. The quantitative estimate of drug-likeness (QED) is 0.836. The summed E-state index contributed by atoms with van der Waals surface area (Å²) in [5.74, 6) is -0.219. The zero-order valence-electron chi connectivity index (χ0n) is 10.9. The number of benzene rings is 1. The highest BCUT2D eigenvalue weighted by Gasteiger charge is 2.19. The van der Waals surface area contributed by atoms with Crippen molar-refractivity contribution in [2.45, 2.75) is 32.4 Å². The zero-order valence-corrected chi connectivity index (χ0v) is 10.9. The van der Waals surface area contributed by atoms with E-state index >= 15 is 0 Å². The third-order valence-electron chi connectivity index (χ3n) is 3.44. The van der Waals surface area contributed by atoms with Crippen molar-refractivity contribution in [3.63, 3.8) is 0 Å². The Bertz CT molecular complexity index is 389. The van der Waals surface area contributed by atoms with Gasteiger partial charge in [-0.25, -0.2) is 4.39 Å². The van der Waals surface area contributed by atoms with Crippen molar-refractivity contribution >= 4 is 5.69 Å². The minimum absolute atomic E-state index is 0.219. The van der Waals surface area contributed by atoms with E-state index in [1.54, 1.807) is 6.07 Å². The molecule has 1 aliphatic heterocycles. The van der Waals surface area contributed by atoms with Gasteiger partial charge in [0.15, 0.2) is 0 Å². The lowest BCUT2D eigenvalue weighted by Crippen LogP contribution is -2.36. The fourth-order valence-corrected chi connectivity index (χ4v) is 2.42. The van der Waals surface area contributed by atoms with Gasteiger partial charge in [0, 0.05) is 31.9 Å². The highest BCUT2D eigenvalue weighted by molar-refractivity contribution is 5.46. The lowest BCUT2D eigenvalue weighted by Gasteiger charge is -2.31. The molecule has 1 heterocycles. The van der Waals surface area contributed by atoms with Gasteiger partial charge in [-0.2, -0.15) is 0 Å². The molecule has 1 aromatic carbocycles. The second kappa shape index (κ2) is 6.16. The summed E-state index contributed by atoms with van der Waals surface area (Å²) in [6, 6.07) is 4.57.